The number of halogens is 1. The molecule has 1 nitrogen and oxygen atoms in total. The Morgan fingerprint density at radius 2 is 1.86 bits per heavy atom. The second kappa shape index (κ2) is 4.96. The third-order valence-electron chi connectivity index (χ3n) is 4.62. The van der Waals surface area contributed by atoms with Gasteiger partial charge in [0, 0.05) is 11.0 Å². The number of hydrogen-bond acceptors (Lipinski definition) is 1. The highest BCUT2D eigenvalue weighted by atomic mass is 35.5. The van der Waals surface area contributed by atoms with E-state index in [0.29, 0.717) is 5.02 Å². The van der Waals surface area contributed by atoms with Gasteiger partial charge in [0.05, 0.1) is 16.2 Å². The molecule has 0 aliphatic heterocycles. The summed E-state index contributed by atoms with van der Waals surface area (Å²) in [5.74, 6) is 0. The Morgan fingerprint density at radius 3 is 2.73 bits per heavy atom. The molecule has 0 saturated carbocycles. The van der Waals surface area contributed by atoms with Gasteiger partial charge in [-0.3, -0.25) is 0 Å². The SMILES string of the molecule is Cc1ccc2c(c1C)CC=C2c1ccc2cccc(Cl)c2n1. The number of aromatic nitrogens is 1. The third-order valence-corrected chi connectivity index (χ3v) is 4.92. The number of hydrogen-bond donors (Lipinski definition) is 0. The number of para-hydroxylation sites is 1. The average molecular weight is 306 g/mol. The number of nitrogens with zero attached hydrogens (tertiary/aromatic N) is 1. The Bertz CT molecular complexity index is 938. The van der Waals surface area contributed by atoms with E-state index in [-0.39, 0.29) is 0 Å². The lowest BCUT2D eigenvalue weighted by molar-refractivity contribution is 1.20. The topological polar surface area (TPSA) is 12.9 Å². The Balaban J connectivity index is 1.89. The molecule has 2 heteroatoms. The zero-order chi connectivity index (χ0) is 15.3. The van der Waals surface area contributed by atoms with E-state index in [0.717, 1.165) is 23.0 Å². The van der Waals surface area contributed by atoms with Crippen molar-refractivity contribution >= 4 is 28.1 Å². The molecule has 0 amide bonds. The van der Waals surface area contributed by atoms with Gasteiger partial charge in [-0.25, -0.2) is 4.98 Å². The molecule has 0 unspecified atom stereocenters. The van der Waals surface area contributed by atoms with E-state index in [2.05, 4.69) is 44.2 Å². The summed E-state index contributed by atoms with van der Waals surface area (Å²) in [5, 5.41) is 1.79. The highest BCUT2D eigenvalue weighted by molar-refractivity contribution is 6.35. The van der Waals surface area contributed by atoms with Gasteiger partial charge in [0.2, 0.25) is 0 Å². The molecule has 2 aromatic carbocycles. The number of pyridine rings is 1. The minimum atomic E-state index is 0.707. The smallest absolute Gasteiger partial charge is 0.0895 e. The van der Waals surface area contributed by atoms with Gasteiger partial charge in [0.1, 0.15) is 0 Å². The van der Waals surface area contributed by atoms with Gasteiger partial charge in [-0.2, -0.15) is 0 Å². The van der Waals surface area contributed by atoms with Crippen LogP contribution >= 0.6 is 11.6 Å². The van der Waals surface area contributed by atoms with Crippen molar-refractivity contribution in [2.75, 3.05) is 0 Å². The number of aryl methyl sites for hydroxylation is 1. The standard InChI is InChI=1S/C20H16ClN/c1-12-6-8-16-15(13(12)2)9-10-17(16)19-11-7-14-4-3-5-18(21)20(14)22-19/h3-8,10-11H,9H2,1-2H3. The maximum Gasteiger partial charge on any atom is 0.0895 e. The molecule has 4 rings (SSSR count). The molecule has 0 radical (unpaired) electrons. The molecular formula is C20H16ClN. The van der Waals surface area contributed by atoms with Crippen LogP contribution in [0.4, 0.5) is 0 Å². The lowest BCUT2D eigenvalue weighted by Crippen LogP contribution is -1.95. The van der Waals surface area contributed by atoms with Crippen LogP contribution in [0.2, 0.25) is 5.02 Å². The minimum Gasteiger partial charge on any atom is -0.246 e. The Morgan fingerprint density at radius 1 is 1.00 bits per heavy atom. The van der Waals surface area contributed by atoms with Crippen LogP contribution in [-0.2, 0) is 6.42 Å². The molecule has 0 saturated heterocycles. The van der Waals surface area contributed by atoms with Crippen molar-refractivity contribution in [3.8, 4) is 0 Å². The molecule has 0 bridgehead atoms. The van der Waals surface area contributed by atoms with Crippen LogP contribution in [0.1, 0.15) is 27.9 Å². The number of fused-ring (bicyclic) bond motifs is 2. The molecule has 22 heavy (non-hydrogen) atoms. The van der Waals surface area contributed by atoms with E-state index in [1.54, 1.807) is 0 Å². The molecule has 1 heterocycles. The predicted octanol–water partition coefficient (Wildman–Crippen LogP) is 5.49. The summed E-state index contributed by atoms with van der Waals surface area (Å²) < 4.78 is 0. The van der Waals surface area contributed by atoms with Crippen molar-refractivity contribution in [1.82, 2.24) is 4.98 Å². The molecule has 0 N–H and O–H groups in total. The molecule has 1 aliphatic carbocycles. The van der Waals surface area contributed by atoms with Crippen LogP contribution in [0, 0.1) is 13.8 Å². The summed E-state index contributed by atoms with van der Waals surface area (Å²) in [4.78, 5) is 4.81. The van der Waals surface area contributed by atoms with Crippen molar-refractivity contribution in [2.24, 2.45) is 0 Å². The van der Waals surface area contributed by atoms with Crippen molar-refractivity contribution in [3.05, 3.63) is 81.5 Å². The van der Waals surface area contributed by atoms with Crippen LogP contribution in [0.25, 0.3) is 16.5 Å². The minimum absolute atomic E-state index is 0.707. The summed E-state index contributed by atoms with van der Waals surface area (Å²) in [7, 11) is 0. The maximum atomic E-state index is 6.30. The molecule has 108 valence electrons. The normalized spacial score (nSPS) is 13.3. The fraction of sp³-hybridized carbons (Fsp3) is 0.150. The fourth-order valence-electron chi connectivity index (χ4n) is 3.21. The molecule has 1 aromatic heterocycles. The summed E-state index contributed by atoms with van der Waals surface area (Å²) in [5.41, 5.74) is 8.57. The van der Waals surface area contributed by atoms with Crippen molar-refractivity contribution < 1.29 is 0 Å². The molecule has 1 aliphatic rings. The summed E-state index contributed by atoms with van der Waals surface area (Å²) in [6, 6.07) is 14.5. The predicted molar refractivity (Wildman–Crippen MR) is 93.5 cm³/mol. The number of benzene rings is 2. The molecule has 0 fully saturated rings. The largest absolute Gasteiger partial charge is 0.246 e. The van der Waals surface area contributed by atoms with Gasteiger partial charge in [-0.05, 0) is 54.7 Å². The van der Waals surface area contributed by atoms with E-state index < -0.39 is 0 Å². The fourth-order valence-corrected chi connectivity index (χ4v) is 3.43. The molecule has 0 spiro atoms. The van der Waals surface area contributed by atoms with E-state index >= 15 is 0 Å². The van der Waals surface area contributed by atoms with Gasteiger partial charge in [-0.15, -0.1) is 0 Å². The summed E-state index contributed by atoms with van der Waals surface area (Å²) in [6.07, 6.45) is 3.27. The lowest BCUT2D eigenvalue weighted by Gasteiger charge is -2.11. The number of allylic oxidation sites excluding steroid dienone is 1. The van der Waals surface area contributed by atoms with E-state index in [1.807, 2.05) is 18.2 Å². The van der Waals surface area contributed by atoms with E-state index in [1.165, 1.54) is 27.8 Å². The van der Waals surface area contributed by atoms with E-state index in [4.69, 9.17) is 16.6 Å². The highest BCUT2D eigenvalue weighted by Crippen LogP contribution is 2.35. The van der Waals surface area contributed by atoms with Gasteiger partial charge in [-0.1, -0.05) is 48.0 Å². The zero-order valence-electron chi connectivity index (χ0n) is 12.7. The Hall–Kier alpha value is -2.12. The van der Waals surface area contributed by atoms with Crippen molar-refractivity contribution in [2.45, 2.75) is 20.3 Å². The quantitative estimate of drug-likeness (QED) is 0.579. The Labute approximate surface area is 135 Å². The first-order chi connectivity index (χ1) is 10.6. The molecular weight excluding hydrogens is 290 g/mol. The van der Waals surface area contributed by atoms with Gasteiger partial charge < -0.3 is 0 Å². The van der Waals surface area contributed by atoms with Crippen LogP contribution in [0.15, 0.2) is 48.5 Å². The van der Waals surface area contributed by atoms with Crippen LogP contribution in [-0.4, -0.2) is 4.98 Å². The monoisotopic (exact) mass is 305 g/mol. The first-order valence-electron chi connectivity index (χ1n) is 7.50. The third kappa shape index (κ3) is 1.97. The van der Waals surface area contributed by atoms with Crippen molar-refractivity contribution in [1.29, 1.82) is 0 Å². The zero-order valence-corrected chi connectivity index (χ0v) is 13.4. The van der Waals surface area contributed by atoms with Crippen LogP contribution in [0.3, 0.4) is 0 Å². The number of rotatable bonds is 1. The second-order valence-electron chi connectivity index (χ2n) is 5.86. The van der Waals surface area contributed by atoms with E-state index in [9.17, 15) is 0 Å². The second-order valence-corrected chi connectivity index (χ2v) is 6.27. The van der Waals surface area contributed by atoms with Crippen LogP contribution < -0.4 is 0 Å². The van der Waals surface area contributed by atoms with Crippen molar-refractivity contribution in [3.63, 3.8) is 0 Å². The molecule has 0 atom stereocenters. The lowest BCUT2D eigenvalue weighted by atomic mass is 9.96. The highest BCUT2D eigenvalue weighted by Gasteiger charge is 2.19. The van der Waals surface area contributed by atoms with Gasteiger partial charge >= 0.3 is 0 Å². The summed E-state index contributed by atoms with van der Waals surface area (Å²) >= 11 is 6.30. The van der Waals surface area contributed by atoms with Gasteiger partial charge in [0.25, 0.3) is 0 Å². The molecule has 3 aromatic rings. The Kier molecular flexibility index (Phi) is 3.05. The first-order valence-corrected chi connectivity index (χ1v) is 7.88. The first kappa shape index (κ1) is 13.5. The average Bonchev–Trinajstić information content (AvgIpc) is 2.96. The van der Waals surface area contributed by atoms with Gasteiger partial charge in [0.15, 0.2) is 0 Å². The maximum absolute atomic E-state index is 6.30. The summed E-state index contributed by atoms with van der Waals surface area (Å²) in [6.45, 7) is 4.37. The van der Waals surface area contributed by atoms with Crippen LogP contribution in [0.5, 0.6) is 0 Å².